The predicted molar refractivity (Wildman–Crippen MR) is 44.6 cm³/mol. The fraction of sp³-hybridized carbons (Fsp3) is 0.400. The summed E-state index contributed by atoms with van der Waals surface area (Å²) in [5, 5.41) is 0. The van der Waals surface area contributed by atoms with Gasteiger partial charge in [0.05, 0.1) is 0 Å². The van der Waals surface area contributed by atoms with Gasteiger partial charge in [0, 0.05) is 0 Å². The molecule has 0 aromatic carbocycles. The van der Waals surface area contributed by atoms with Gasteiger partial charge in [-0.25, -0.2) is 0 Å². The predicted octanol–water partition coefficient (Wildman–Crippen LogP) is 3.03. The van der Waals surface area contributed by atoms with Crippen molar-refractivity contribution >= 4 is 0 Å². The number of hydrogen-bond donors (Lipinski definition) is 0. The molecule has 0 unspecified atom stereocenters. The van der Waals surface area contributed by atoms with Crippen molar-refractivity contribution in [1.29, 1.82) is 0 Å². The zero-order chi connectivity index (χ0) is 7.40. The van der Waals surface area contributed by atoms with Crippen molar-refractivity contribution in [3.05, 3.63) is 36.0 Å². The minimum atomic E-state index is 0. The normalized spacial score (nSPS) is 20.5. The molecule has 1 heteroatoms. The summed E-state index contributed by atoms with van der Waals surface area (Å²) in [7, 11) is 0. The summed E-state index contributed by atoms with van der Waals surface area (Å²) >= 11 is 0. The maximum Gasteiger partial charge on any atom is 3.00 e. The molecule has 0 fully saturated rings. The Labute approximate surface area is 94.3 Å². The molecule has 1 aliphatic rings. The van der Waals surface area contributed by atoms with Crippen LogP contribution in [0, 0.1) is 6.08 Å². The second-order valence-electron chi connectivity index (χ2n) is 2.52. The van der Waals surface area contributed by atoms with Gasteiger partial charge in [0.15, 0.2) is 0 Å². The van der Waals surface area contributed by atoms with E-state index in [0.717, 1.165) is 6.42 Å². The number of rotatable bonds is 1. The number of hydrogen-bond acceptors (Lipinski definition) is 0. The quantitative estimate of drug-likeness (QED) is 0.598. The standard InChI is InChI=1S/C10H13.Y/c1-3-9-6-5-7-10(4-2)8-9;/h3-4H,1,5-7H2,2H3;/q-1;+3/b10-4+;. The molecular formula is C10H13Y+2. The third-order valence-corrected chi connectivity index (χ3v) is 1.81. The molecule has 0 saturated heterocycles. The molecule has 0 heterocycles. The topological polar surface area (TPSA) is 0 Å². The zero-order valence-electron chi connectivity index (χ0n) is 7.06. The van der Waals surface area contributed by atoms with Gasteiger partial charge in [0.25, 0.3) is 0 Å². The van der Waals surface area contributed by atoms with E-state index in [1.54, 1.807) is 0 Å². The summed E-state index contributed by atoms with van der Waals surface area (Å²) in [6, 6.07) is 0. The average Bonchev–Trinajstić information content (AvgIpc) is 2.05. The van der Waals surface area contributed by atoms with Gasteiger partial charge in [-0.15, -0.1) is 0 Å². The summed E-state index contributed by atoms with van der Waals surface area (Å²) < 4.78 is 0. The maximum absolute atomic E-state index is 3.73. The molecule has 0 bridgehead atoms. The van der Waals surface area contributed by atoms with Gasteiger partial charge in [0.2, 0.25) is 0 Å². The Bertz CT molecular complexity index is 187. The Morgan fingerprint density at radius 3 is 2.73 bits per heavy atom. The molecule has 11 heavy (non-hydrogen) atoms. The molecular weight excluding hydrogens is 209 g/mol. The van der Waals surface area contributed by atoms with Crippen LogP contribution < -0.4 is 0 Å². The molecule has 54 valence electrons. The molecule has 0 amide bonds. The van der Waals surface area contributed by atoms with Crippen LogP contribution in [0.25, 0.3) is 0 Å². The molecule has 0 N–H and O–H groups in total. The van der Waals surface area contributed by atoms with Gasteiger partial charge in [0.1, 0.15) is 0 Å². The molecule has 0 aromatic rings. The van der Waals surface area contributed by atoms with Crippen molar-refractivity contribution in [3.63, 3.8) is 0 Å². The van der Waals surface area contributed by atoms with Crippen molar-refractivity contribution in [1.82, 2.24) is 0 Å². The molecule has 1 aliphatic carbocycles. The van der Waals surface area contributed by atoms with Crippen LogP contribution in [0.2, 0.25) is 0 Å². The van der Waals surface area contributed by atoms with Gasteiger partial charge in [-0.2, -0.15) is 36.0 Å². The summed E-state index contributed by atoms with van der Waals surface area (Å²) in [6.07, 6.45) is 10.9. The first-order valence-electron chi connectivity index (χ1n) is 3.77. The van der Waals surface area contributed by atoms with Crippen LogP contribution in [0.3, 0.4) is 0 Å². The van der Waals surface area contributed by atoms with Crippen LogP contribution in [0.4, 0.5) is 0 Å². The van der Waals surface area contributed by atoms with E-state index >= 15 is 0 Å². The minimum Gasteiger partial charge on any atom is -0.180 e. The first-order valence-corrected chi connectivity index (χ1v) is 3.77. The summed E-state index contributed by atoms with van der Waals surface area (Å²) in [5.41, 5.74) is 2.60. The Hall–Kier alpha value is 0.324. The molecule has 1 rings (SSSR count). The SMILES string of the molecule is C=CC1=[C-]/C(=C/C)CCC1.[Y+3]. The summed E-state index contributed by atoms with van der Waals surface area (Å²) in [6.45, 7) is 5.79. The van der Waals surface area contributed by atoms with Crippen molar-refractivity contribution in [2.45, 2.75) is 26.2 Å². The van der Waals surface area contributed by atoms with Crippen LogP contribution in [0.5, 0.6) is 0 Å². The van der Waals surface area contributed by atoms with Gasteiger partial charge in [-0.1, -0.05) is 19.8 Å². The van der Waals surface area contributed by atoms with E-state index in [1.165, 1.54) is 24.0 Å². The maximum atomic E-state index is 3.73. The second-order valence-corrected chi connectivity index (χ2v) is 2.52. The molecule has 0 spiro atoms. The molecule has 0 radical (unpaired) electrons. The Kier molecular flexibility index (Phi) is 6.08. The van der Waals surface area contributed by atoms with Crippen molar-refractivity contribution in [2.75, 3.05) is 0 Å². The van der Waals surface area contributed by atoms with Gasteiger partial charge in [-0.05, 0) is 6.42 Å². The van der Waals surface area contributed by atoms with E-state index < -0.39 is 0 Å². The van der Waals surface area contributed by atoms with Gasteiger partial charge < -0.3 is 0 Å². The smallest absolute Gasteiger partial charge is 0.180 e. The second kappa shape index (κ2) is 5.91. The first-order chi connectivity index (χ1) is 4.86. The van der Waals surface area contributed by atoms with E-state index in [-0.39, 0.29) is 32.7 Å². The molecule has 0 aliphatic heterocycles. The summed E-state index contributed by atoms with van der Waals surface area (Å²) in [4.78, 5) is 0. The van der Waals surface area contributed by atoms with Crippen LogP contribution >= 0.6 is 0 Å². The fourth-order valence-electron chi connectivity index (χ4n) is 1.17. The first kappa shape index (κ1) is 11.3. The molecule has 0 nitrogen and oxygen atoms in total. The Morgan fingerprint density at radius 2 is 2.18 bits per heavy atom. The Morgan fingerprint density at radius 1 is 1.45 bits per heavy atom. The van der Waals surface area contributed by atoms with Gasteiger partial charge in [-0.3, -0.25) is 0 Å². The van der Waals surface area contributed by atoms with Gasteiger partial charge >= 0.3 is 32.7 Å². The van der Waals surface area contributed by atoms with Crippen LogP contribution in [-0.2, 0) is 32.7 Å². The molecule has 0 saturated carbocycles. The minimum absolute atomic E-state index is 0. The largest absolute Gasteiger partial charge is 3.00 e. The van der Waals surface area contributed by atoms with E-state index in [2.05, 4.69) is 25.7 Å². The fourth-order valence-corrected chi connectivity index (χ4v) is 1.17. The van der Waals surface area contributed by atoms with E-state index in [0.29, 0.717) is 0 Å². The van der Waals surface area contributed by atoms with E-state index in [9.17, 15) is 0 Å². The van der Waals surface area contributed by atoms with E-state index in [4.69, 9.17) is 0 Å². The third-order valence-electron chi connectivity index (χ3n) is 1.81. The van der Waals surface area contributed by atoms with Crippen molar-refractivity contribution in [2.24, 2.45) is 0 Å². The number of allylic oxidation sites excluding steroid dienone is 5. The molecule has 0 aromatic heterocycles. The summed E-state index contributed by atoms with van der Waals surface area (Å²) in [5.74, 6) is 0. The van der Waals surface area contributed by atoms with Crippen LogP contribution in [0.15, 0.2) is 29.9 Å². The van der Waals surface area contributed by atoms with Crippen LogP contribution in [0.1, 0.15) is 26.2 Å². The zero-order valence-corrected chi connectivity index (χ0v) is 9.90. The van der Waals surface area contributed by atoms with Crippen LogP contribution in [-0.4, -0.2) is 0 Å². The monoisotopic (exact) mass is 222 g/mol. The van der Waals surface area contributed by atoms with Crippen molar-refractivity contribution < 1.29 is 32.7 Å². The molecule has 0 atom stereocenters. The van der Waals surface area contributed by atoms with Crippen molar-refractivity contribution in [3.8, 4) is 0 Å². The van der Waals surface area contributed by atoms with E-state index in [1.807, 2.05) is 6.08 Å². The Balaban J connectivity index is 0.000001000. The third kappa shape index (κ3) is 3.49. The average molecular weight is 222 g/mol.